The van der Waals surface area contributed by atoms with Gasteiger partial charge in [0.2, 0.25) is 0 Å². The van der Waals surface area contributed by atoms with Crippen LogP contribution in [0.2, 0.25) is 0 Å². The van der Waals surface area contributed by atoms with E-state index in [9.17, 15) is 22.8 Å². The van der Waals surface area contributed by atoms with Gasteiger partial charge in [-0.15, -0.1) is 0 Å². The maximum atomic E-state index is 13.0. The molecule has 0 unspecified atom stereocenters. The fourth-order valence-corrected chi connectivity index (χ4v) is 3.65. The van der Waals surface area contributed by atoms with E-state index in [4.69, 9.17) is 9.47 Å². The van der Waals surface area contributed by atoms with Crippen LogP contribution in [0.25, 0.3) is 16.4 Å². The highest BCUT2D eigenvalue weighted by Gasteiger charge is 2.32. The van der Waals surface area contributed by atoms with E-state index in [0.717, 1.165) is 12.3 Å². The molecular formula is C25H20F3N3O4. The van der Waals surface area contributed by atoms with Crippen LogP contribution in [0.1, 0.15) is 28.4 Å². The van der Waals surface area contributed by atoms with Gasteiger partial charge in [0.15, 0.2) is 6.61 Å². The van der Waals surface area contributed by atoms with Crippen LogP contribution >= 0.6 is 0 Å². The van der Waals surface area contributed by atoms with E-state index in [2.05, 4.69) is 10.5 Å². The lowest BCUT2D eigenvalue weighted by molar-refractivity contribution is -0.137. The Hall–Kier alpha value is -4.34. The quantitative estimate of drug-likeness (QED) is 0.232. The zero-order valence-electron chi connectivity index (χ0n) is 18.5. The van der Waals surface area contributed by atoms with E-state index < -0.39 is 30.2 Å². The van der Waals surface area contributed by atoms with Crippen LogP contribution in [0.3, 0.4) is 0 Å². The van der Waals surface area contributed by atoms with Crippen LogP contribution in [0.15, 0.2) is 72.0 Å². The third-order valence-electron chi connectivity index (χ3n) is 5.12. The first-order valence-corrected chi connectivity index (χ1v) is 10.6. The van der Waals surface area contributed by atoms with Crippen molar-refractivity contribution in [2.45, 2.75) is 13.1 Å². The molecule has 0 bridgehead atoms. The first-order chi connectivity index (χ1) is 16.8. The van der Waals surface area contributed by atoms with Crippen molar-refractivity contribution < 1.29 is 32.2 Å². The summed E-state index contributed by atoms with van der Waals surface area (Å²) in [6, 6.07) is 15.3. The lowest BCUT2D eigenvalue weighted by Crippen LogP contribution is -2.24. The second-order valence-electron chi connectivity index (χ2n) is 7.40. The predicted octanol–water partition coefficient (Wildman–Crippen LogP) is 4.82. The van der Waals surface area contributed by atoms with Gasteiger partial charge in [-0.25, -0.2) is 10.2 Å². The van der Waals surface area contributed by atoms with Crippen LogP contribution in [0.5, 0.6) is 5.75 Å². The van der Waals surface area contributed by atoms with Crippen molar-refractivity contribution in [3.8, 4) is 5.75 Å². The van der Waals surface area contributed by atoms with E-state index in [-0.39, 0.29) is 12.2 Å². The highest BCUT2D eigenvalue weighted by Crippen LogP contribution is 2.31. The Morgan fingerprint density at radius 1 is 1.06 bits per heavy atom. The zero-order chi connectivity index (χ0) is 25.0. The minimum absolute atomic E-state index is 0.177. The number of aromatic nitrogens is 1. The minimum Gasteiger partial charge on any atom is -0.484 e. The maximum absolute atomic E-state index is 13.0. The molecule has 0 radical (unpaired) electrons. The molecule has 1 amide bonds. The Kier molecular flexibility index (Phi) is 6.72. The Balaban J connectivity index is 1.47. The van der Waals surface area contributed by atoms with Crippen molar-refractivity contribution in [1.82, 2.24) is 9.83 Å². The van der Waals surface area contributed by atoms with E-state index in [1.165, 1.54) is 18.2 Å². The summed E-state index contributed by atoms with van der Waals surface area (Å²) >= 11 is 0. The van der Waals surface area contributed by atoms with E-state index in [1.807, 2.05) is 16.5 Å². The van der Waals surface area contributed by atoms with Gasteiger partial charge in [0.05, 0.1) is 35.0 Å². The number of hydrazone groups is 1. The normalized spacial score (nSPS) is 11.8. The third kappa shape index (κ3) is 5.11. The number of hydrogen-bond donors (Lipinski definition) is 1. The molecule has 4 aromatic rings. The standard InChI is InChI=1S/C25H20F3N3O4/c1-2-34-24(33)23-18-11-10-17(13-21(18)31-12-6-5-9-20(23)31)35-15-22(32)30-29-14-16-7-3-4-8-19(16)25(26,27)28/h3-14H,2,15H2,1H3,(H,30,32)/b29-14-. The van der Waals surface area contributed by atoms with Crippen LogP contribution in [-0.4, -0.2) is 35.7 Å². The summed E-state index contributed by atoms with van der Waals surface area (Å²) in [5.41, 5.74) is 2.90. The van der Waals surface area contributed by atoms with E-state index >= 15 is 0 Å². The van der Waals surface area contributed by atoms with Gasteiger partial charge in [0.1, 0.15) is 5.75 Å². The van der Waals surface area contributed by atoms with Crippen LogP contribution in [0.4, 0.5) is 13.2 Å². The third-order valence-corrected chi connectivity index (χ3v) is 5.12. The average Bonchev–Trinajstić information content (AvgIpc) is 3.16. The number of carbonyl (C=O) groups is 2. The summed E-state index contributed by atoms with van der Waals surface area (Å²) in [7, 11) is 0. The van der Waals surface area contributed by atoms with Crippen molar-refractivity contribution in [2.24, 2.45) is 5.10 Å². The molecule has 180 valence electrons. The Labute approximate surface area is 197 Å². The monoisotopic (exact) mass is 483 g/mol. The first kappa shape index (κ1) is 23.8. The molecule has 2 aromatic carbocycles. The average molecular weight is 483 g/mol. The van der Waals surface area contributed by atoms with Gasteiger partial charge in [-0.3, -0.25) is 4.79 Å². The summed E-state index contributed by atoms with van der Waals surface area (Å²) in [6.45, 7) is 1.55. The molecule has 0 fully saturated rings. The molecule has 0 saturated carbocycles. The number of pyridine rings is 1. The molecule has 2 aromatic heterocycles. The molecule has 0 aliphatic carbocycles. The molecule has 0 aliphatic rings. The van der Waals surface area contributed by atoms with Crippen molar-refractivity contribution in [1.29, 1.82) is 0 Å². The Morgan fingerprint density at radius 3 is 2.60 bits per heavy atom. The smallest absolute Gasteiger partial charge is 0.417 e. The summed E-state index contributed by atoms with van der Waals surface area (Å²) < 4.78 is 51.7. The number of halogens is 3. The van der Waals surface area contributed by atoms with Crippen molar-refractivity contribution in [3.63, 3.8) is 0 Å². The molecular weight excluding hydrogens is 463 g/mol. The largest absolute Gasteiger partial charge is 0.484 e. The number of rotatable bonds is 7. The molecule has 0 atom stereocenters. The number of fused-ring (bicyclic) bond motifs is 3. The molecule has 4 rings (SSSR count). The number of carbonyl (C=O) groups excluding carboxylic acids is 2. The summed E-state index contributed by atoms with van der Waals surface area (Å²) in [4.78, 5) is 24.6. The number of benzene rings is 2. The number of hydrogen-bond acceptors (Lipinski definition) is 5. The molecule has 2 heterocycles. The number of amides is 1. The van der Waals surface area contributed by atoms with Crippen molar-refractivity contribution in [2.75, 3.05) is 13.2 Å². The lowest BCUT2D eigenvalue weighted by Gasteiger charge is -2.09. The molecule has 7 nitrogen and oxygen atoms in total. The van der Waals surface area contributed by atoms with Gasteiger partial charge in [0.25, 0.3) is 5.91 Å². The number of esters is 1. The van der Waals surface area contributed by atoms with Gasteiger partial charge >= 0.3 is 12.1 Å². The maximum Gasteiger partial charge on any atom is 0.417 e. The zero-order valence-corrected chi connectivity index (χ0v) is 18.5. The fourth-order valence-electron chi connectivity index (χ4n) is 3.65. The van der Waals surface area contributed by atoms with Crippen LogP contribution in [0, 0.1) is 0 Å². The second kappa shape index (κ2) is 9.88. The second-order valence-corrected chi connectivity index (χ2v) is 7.40. The summed E-state index contributed by atoms with van der Waals surface area (Å²) in [5.74, 6) is -0.736. The number of nitrogens with one attached hydrogen (secondary N) is 1. The van der Waals surface area contributed by atoms with Gasteiger partial charge in [0, 0.05) is 23.2 Å². The van der Waals surface area contributed by atoms with Crippen LogP contribution in [-0.2, 0) is 15.7 Å². The molecule has 35 heavy (non-hydrogen) atoms. The minimum atomic E-state index is -4.54. The number of alkyl halides is 3. The van der Waals surface area contributed by atoms with Gasteiger partial charge in [-0.05, 0) is 37.3 Å². The first-order valence-electron chi connectivity index (χ1n) is 10.6. The molecule has 0 spiro atoms. The van der Waals surface area contributed by atoms with E-state index in [1.54, 1.807) is 37.4 Å². The predicted molar refractivity (Wildman–Crippen MR) is 124 cm³/mol. The highest BCUT2D eigenvalue weighted by molar-refractivity contribution is 6.12. The topological polar surface area (TPSA) is 81.4 Å². The van der Waals surface area contributed by atoms with Crippen molar-refractivity contribution in [3.05, 3.63) is 83.6 Å². The number of nitrogens with zero attached hydrogens (tertiary/aromatic N) is 2. The molecule has 10 heteroatoms. The van der Waals surface area contributed by atoms with Gasteiger partial charge < -0.3 is 13.9 Å². The van der Waals surface area contributed by atoms with Gasteiger partial charge in [-0.2, -0.15) is 18.3 Å². The molecule has 1 N–H and O–H groups in total. The SMILES string of the molecule is CCOC(=O)c1c2ccc(OCC(=O)N/N=C\c3ccccc3C(F)(F)F)cc2n2ccccc12. The number of ether oxygens (including phenoxy) is 2. The Bertz CT molecular complexity index is 1430. The summed E-state index contributed by atoms with van der Waals surface area (Å²) in [5, 5.41) is 4.27. The molecule has 0 saturated heterocycles. The Morgan fingerprint density at radius 2 is 1.83 bits per heavy atom. The van der Waals surface area contributed by atoms with Gasteiger partial charge in [-0.1, -0.05) is 24.3 Å². The summed E-state index contributed by atoms with van der Waals surface area (Å²) in [6.07, 6.45) is -1.81. The highest BCUT2D eigenvalue weighted by atomic mass is 19.4. The fraction of sp³-hybridized carbons (Fsp3) is 0.160. The van der Waals surface area contributed by atoms with Crippen LogP contribution < -0.4 is 10.2 Å². The molecule has 0 aliphatic heterocycles. The van der Waals surface area contributed by atoms with Crippen molar-refractivity contribution >= 4 is 34.5 Å². The lowest BCUT2D eigenvalue weighted by atomic mass is 10.1. The van der Waals surface area contributed by atoms with E-state index in [0.29, 0.717) is 27.7 Å².